The van der Waals surface area contributed by atoms with Gasteiger partial charge in [-0.05, 0) is 31.9 Å². The Hall–Kier alpha value is -1.55. The number of likely N-dealkylation sites (N-methyl/N-ethyl adjacent to an activating group) is 1. The van der Waals surface area contributed by atoms with E-state index in [0.29, 0.717) is 19.6 Å². The summed E-state index contributed by atoms with van der Waals surface area (Å²) < 4.78 is 5.65. The fraction of sp³-hybridized carbons (Fsp3) is 0.588. The zero-order valence-corrected chi connectivity index (χ0v) is 13.1. The van der Waals surface area contributed by atoms with Crippen molar-refractivity contribution in [3.8, 4) is 5.75 Å². The molecule has 0 aliphatic heterocycles. The van der Waals surface area contributed by atoms with E-state index in [-0.39, 0.29) is 11.4 Å². The number of hydrogen-bond donors (Lipinski definition) is 1. The fourth-order valence-corrected chi connectivity index (χ4v) is 2.75. The Kier molecular flexibility index (Phi) is 5.23. The zero-order chi connectivity index (χ0) is 15.3. The van der Waals surface area contributed by atoms with Gasteiger partial charge in [-0.3, -0.25) is 4.79 Å². The second kappa shape index (κ2) is 6.94. The molecule has 0 heterocycles. The first-order chi connectivity index (χ1) is 9.98. The first-order valence-electron chi connectivity index (χ1n) is 7.71. The molecular formula is C17H26N2O2. The summed E-state index contributed by atoms with van der Waals surface area (Å²) >= 11 is 0. The second-order valence-corrected chi connectivity index (χ2v) is 6.22. The minimum atomic E-state index is -0.275. The van der Waals surface area contributed by atoms with Gasteiger partial charge in [0.05, 0.1) is 6.54 Å². The Balaban J connectivity index is 1.72. The molecule has 1 saturated carbocycles. The van der Waals surface area contributed by atoms with Crippen molar-refractivity contribution in [1.82, 2.24) is 4.90 Å². The normalized spacial score (nSPS) is 16.7. The van der Waals surface area contributed by atoms with Crippen LogP contribution in [0, 0.1) is 6.92 Å². The fourth-order valence-electron chi connectivity index (χ4n) is 2.75. The van der Waals surface area contributed by atoms with E-state index in [2.05, 4.69) is 0 Å². The number of carbonyl (C=O) groups is 1. The molecular weight excluding hydrogens is 264 g/mol. The smallest absolute Gasteiger partial charge is 0.224 e. The van der Waals surface area contributed by atoms with Crippen LogP contribution in [0.1, 0.15) is 37.7 Å². The molecule has 0 radical (unpaired) electrons. The molecule has 1 aliphatic carbocycles. The molecule has 2 rings (SSSR count). The topological polar surface area (TPSA) is 55.6 Å². The predicted octanol–water partition coefficient (Wildman–Crippen LogP) is 2.49. The van der Waals surface area contributed by atoms with Gasteiger partial charge in [-0.1, -0.05) is 30.5 Å². The third-order valence-electron chi connectivity index (χ3n) is 4.24. The van der Waals surface area contributed by atoms with Crippen LogP contribution in [0.15, 0.2) is 24.3 Å². The Morgan fingerprint density at radius 2 is 1.90 bits per heavy atom. The van der Waals surface area contributed by atoms with Crippen molar-refractivity contribution in [3.05, 3.63) is 29.8 Å². The number of amides is 1. The quantitative estimate of drug-likeness (QED) is 0.875. The van der Waals surface area contributed by atoms with Crippen LogP contribution in [0.4, 0.5) is 0 Å². The summed E-state index contributed by atoms with van der Waals surface area (Å²) in [5.74, 6) is 0.958. The van der Waals surface area contributed by atoms with E-state index >= 15 is 0 Å². The van der Waals surface area contributed by atoms with Gasteiger partial charge in [0, 0.05) is 19.0 Å². The van der Waals surface area contributed by atoms with Gasteiger partial charge >= 0.3 is 0 Å². The van der Waals surface area contributed by atoms with E-state index in [1.165, 1.54) is 5.56 Å². The van der Waals surface area contributed by atoms with Gasteiger partial charge in [0.1, 0.15) is 12.4 Å². The SMILES string of the molecule is Cc1ccc(OCCN(C)C(=O)CC2(N)CCCC2)cc1. The Labute approximate surface area is 127 Å². The summed E-state index contributed by atoms with van der Waals surface area (Å²) in [5.41, 5.74) is 7.19. The summed E-state index contributed by atoms with van der Waals surface area (Å²) in [4.78, 5) is 13.9. The molecule has 4 nitrogen and oxygen atoms in total. The van der Waals surface area contributed by atoms with Crippen LogP contribution >= 0.6 is 0 Å². The summed E-state index contributed by atoms with van der Waals surface area (Å²) in [6.45, 7) is 3.13. The minimum absolute atomic E-state index is 0.118. The summed E-state index contributed by atoms with van der Waals surface area (Å²) in [6.07, 6.45) is 4.67. The molecule has 1 fully saturated rings. The first-order valence-corrected chi connectivity index (χ1v) is 7.71. The minimum Gasteiger partial charge on any atom is -0.492 e. The number of nitrogens with two attached hydrogens (primary N) is 1. The Morgan fingerprint density at radius 1 is 1.29 bits per heavy atom. The average molecular weight is 290 g/mol. The van der Waals surface area contributed by atoms with Crippen molar-refractivity contribution in [3.63, 3.8) is 0 Å². The van der Waals surface area contributed by atoms with Crippen LogP contribution in [0.2, 0.25) is 0 Å². The lowest BCUT2D eigenvalue weighted by molar-refractivity contribution is -0.131. The molecule has 0 spiro atoms. The summed E-state index contributed by atoms with van der Waals surface area (Å²) in [7, 11) is 1.82. The molecule has 0 unspecified atom stereocenters. The van der Waals surface area contributed by atoms with Gasteiger partial charge in [-0.15, -0.1) is 0 Å². The first kappa shape index (κ1) is 15.8. The van der Waals surface area contributed by atoms with Gasteiger partial charge in [0.2, 0.25) is 5.91 Å². The largest absolute Gasteiger partial charge is 0.492 e. The van der Waals surface area contributed by atoms with Crippen molar-refractivity contribution in [2.24, 2.45) is 5.73 Å². The van der Waals surface area contributed by atoms with E-state index in [4.69, 9.17) is 10.5 Å². The van der Waals surface area contributed by atoms with Gasteiger partial charge < -0.3 is 15.4 Å². The monoisotopic (exact) mass is 290 g/mol. The molecule has 4 heteroatoms. The molecule has 21 heavy (non-hydrogen) atoms. The van der Waals surface area contributed by atoms with E-state index in [1.807, 2.05) is 38.2 Å². The lowest BCUT2D eigenvalue weighted by atomic mass is 9.94. The van der Waals surface area contributed by atoms with E-state index in [0.717, 1.165) is 31.4 Å². The molecule has 116 valence electrons. The van der Waals surface area contributed by atoms with Gasteiger partial charge in [0.15, 0.2) is 0 Å². The maximum Gasteiger partial charge on any atom is 0.224 e. The highest BCUT2D eigenvalue weighted by Crippen LogP contribution is 2.30. The summed E-state index contributed by atoms with van der Waals surface area (Å²) in [6, 6.07) is 7.93. The molecule has 1 aliphatic rings. The molecule has 0 aromatic heterocycles. The highest BCUT2D eigenvalue weighted by atomic mass is 16.5. The van der Waals surface area contributed by atoms with Crippen molar-refractivity contribution >= 4 is 5.91 Å². The lowest BCUT2D eigenvalue weighted by Crippen LogP contribution is -2.43. The van der Waals surface area contributed by atoms with Crippen LogP contribution in [0.5, 0.6) is 5.75 Å². The highest BCUT2D eigenvalue weighted by molar-refractivity contribution is 5.77. The molecule has 1 aromatic rings. The number of rotatable bonds is 6. The molecule has 2 N–H and O–H groups in total. The Bertz CT molecular complexity index is 464. The second-order valence-electron chi connectivity index (χ2n) is 6.22. The molecule has 1 aromatic carbocycles. The van der Waals surface area contributed by atoms with Crippen molar-refractivity contribution in [2.75, 3.05) is 20.2 Å². The van der Waals surface area contributed by atoms with E-state index in [1.54, 1.807) is 4.90 Å². The summed E-state index contributed by atoms with van der Waals surface area (Å²) in [5, 5.41) is 0. The number of nitrogens with zero attached hydrogens (tertiary/aromatic N) is 1. The van der Waals surface area contributed by atoms with E-state index < -0.39 is 0 Å². The van der Waals surface area contributed by atoms with E-state index in [9.17, 15) is 4.79 Å². The standard InChI is InChI=1S/C17H26N2O2/c1-14-5-7-15(8-6-14)21-12-11-19(2)16(20)13-17(18)9-3-4-10-17/h5-8H,3-4,9-13,18H2,1-2H3. The van der Waals surface area contributed by atoms with Crippen LogP contribution in [0.3, 0.4) is 0 Å². The number of ether oxygens (including phenoxy) is 1. The van der Waals surface area contributed by atoms with Crippen LogP contribution in [-0.4, -0.2) is 36.5 Å². The van der Waals surface area contributed by atoms with Crippen LogP contribution in [0.25, 0.3) is 0 Å². The third kappa shape index (κ3) is 4.74. The number of hydrogen-bond acceptors (Lipinski definition) is 3. The predicted molar refractivity (Wildman–Crippen MR) is 84.3 cm³/mol. The molecule has 0 saturated heterocycles. The number of carbonyl (C=O) groups excluding carboxylic acids is 1. The zero-order valence-electron chi connectivity index (χ0n) is 13.1. The van der Waals surface area contributed by atoms with Crippen molar-refractivity contribution in [1.29, 1.82) is 0 Å². The third-order valence-corrected chi connectivity index (χ3v) is 4.24. The van der Waals surface area contributed by atoms with Crippen LogP contribution in [-0.2, 0) is 4.79 Å². The maximum atomic E-state index is 12.2. The molecule has 1 amide bonds. The number of aryl methyl sites for hydroxylation is 1. The number of benzene rings is 1. The van der Waals surface area contributed by atoms with Gasteiger partial charge in [-0.25, -0.2) is 0 Å². The van der Waals surface area contributed by atoms with Gasteiger partial charge in [0.25, 0.3) is 0 Å². The van der Waals surface area contributed by atoms with Crippen LogP contribution < -0.4 is 10.5 Å². The lowest BCUT2D eigenvalue weighted by Gasteiger charge is -2.26. The molecule has 0 bridgehead atoms. The maximum absolute atomic E-state index is 12.2. The molecule has 0 atom stereocenters. The van der Waals surface area contributed by atoms with Gasteiger partial charge in [-0.2, -0.15) is 0 Å². The Morgan fingerprint density at radius 3 is 2.52 bits per heavy atom. The van der Waals surface area contributed by atoms with Crippen molar-refractivity contribution < 1.29 is 9.53 Å². The average Bonchev–Trinajstić information content (AvgIpc) is 2.87. The highest BCUT2D eigenvalue weighted by Gasteiger charge is 2.32. The van der Waals surface area contributed by atoms with Crippen molar-refractivity contribution in [2.45, 2.75) is 44.6 Å².